The number of likely N-dealkylation sites (N-methyl/N-ethyl adjacent to an activating group) is 1. The number of esters is 1. The highest BCUT2D eigenvalue weighted by atomic mass is 19.1. The number of carbonyl (C=O) groups is 1. The highest BCUT2D eigenvalue weighted by molar-refractivity contribution is 5.75. The first kappa shape index (κ1) is 12.4. The average Bonchev–Trinajstić information content (AvgIpc) is 2.29. The van der Waals surface area contributed by atoms with E-state index in [2.05, 4.69) is 10.1 Å². The number of rotatable bonds is 5. The van der Waals surface area contributed by atoms with E-state index in [1.807, 2.05) is 0 Å². The fourth-order valence-electron chi connectivity index (χ4n) is 1.15. The number of methoxy groups -OCH3 is 1. The number of nitrogens with one attached hydrogen (secondary N) is 1. The fourth-order valence-corrected chi connectivity index (χ4v) is 1.15. The number of halogens is 1. The van der Waals surface area contributed by atoms with E-state index in [4.69, 9.17) is 4.74 Å². The predicted molar refractivity (Wildman–Crippen MR) is 56.8 cm³/mol. The van der Waals surface area contributed by atoms with Crippen molar-refractivity contribution in [2.75, 3.05) is 20.8 Å². The quantitative estimate of drug-likeness (QED) is 0.761. The Kier molecular flexibility index (Phi) is 4.72. The van der Waals surface area contributed by atoms with E-state index in [9.17, 15) is 9.18 Å². The molecule has 0 saturated carbocycles. The first-order chi connectivity index (χ1) is 7.67. The molecule has 0 spiro atoms. The minimum Gasteiger partial charge on any atom is -0.491 e. The highest BCUT2D eigenvalue weighted by Crippen LogP contribution is 2.12. The largest absolute Gasteiger partial charge is 0.491 e. The summed E-state index contributed by atoms with van der Waals surface area (Å²) in [6, 6.07) is 5.17. The Morgan fingerprint density at radius 3 is 2.88 bits per heavy atom. The summed E-state index contributed by atoms with van der Waals surface area (Å²) in [6.45, 7) is 0.0899. The second-order valence-electron chi connectivity index (χ2n) is 3.13. The van der Waals surface area contributed by atoms with E-state index in [0.717, 1.165) is 0 Å². The fraction of sp³-hybridized carbons (Fsp3) is 0.364. The van der Waals surface area contributed by atoms with Gasteiger partial charge in [0.1, 0.15) is 24.2 Å². The first-order valence-electron chi connectivity index (χ1n) is 4.81. The van der Waals surface area contributed by atoms with E-state index in [1.165, 1.54) is 25.3 Å². The Morgan fingerprint density at radius 1 is 1.56 bits per heavy atom. The SMILES string of the molecule is CNC(COc1cccc(F)c1)C(=O)OC. The summed E-state index contributed by atoms with van der Waals surface area (Å²) in [6.07, 6.45) is 0. The molecule has 0 aliphatic rings. The number of benzene rings is 1. The molecule has 1 aromatic carbocycles. The van der Waals surface area contributed by atoms with Crippen LogP contribution in [0.4, 0.5) is 4.39 Å². The van der Waals surface area contributed by atoms with Crippen LogP contribution in [0.3, 0.4) is 0 Å². The van der Waals surface area contributed by atoms with Gasteiger partial charge in [0.25, 0.3) is 0 Å². The van der Waals surface area contributed by atoms with E-state index in [0.29, 0.717) is 5.75 Å². The van der Waals surface area contributed by atoms with Crippen molar-refractivity contribution in [2.45, 2.75) is 6.04 Å². The molecule has 1 unspecified atom stereocenters. The smallest absolute Gasteiger partial charge is 0.326 e. The van der Waals surface area contributed by atoms with E-state index >= 15 is 0 Å². The molecule has 5 heteroatoms. The summed E-state index contributed by atoms with van der Waals surface area (Å²) in [7, 11) is 2.92. The van der Waals surface area contributed by atoms with Crippen LogP contribution in [0.25, 0.3) is 0 Å². The molecule has 88 valence electrons. The summed E-state index contributed by atoms with van der Waals surface area (Å²) in [4.78, 5) is 11.2. The van der Waals surface area contributed by atoms with Crippen molar-refractivity contribution < 1.29 is 18.7 Å². The Hall–Kier alpha value is -1.62. The normalized spacial score (nSPS) is 11.9. The maximum Gasteiger partial charge on any atom is 0.326 e. The van der Waals surface area contributed by atoms with Gasteiger partial charge in [0.05, 0.1) is 7.11 Å². The van der Waals surface area contributed by atoms with Gasteiger partial charge in [-0.3, -0.25) is 4.79 Å². The van der Waals surface area contributed by atoms with Gasteiger partial charge in [0.2, 0.25) is 0 Å². The second-order valence-corrected chi connectivity index (χ2v) is 3.13. The number of hydrogen-bond donors (Lipinski definition) is 1. The Morgan fingerprint density at radius 2 is 2.31 bits per heavy atom. The highest BCUT2D eigenvalue weighted by Gasteiger charge is 2.17. The van der Waals surface area contributed by atoms with Crippen LogP contribution in [0.2, 0.25) is 0 Å². The monoisotopic (exact) mass is 227 g/mol. The van der Waals surface area contributed by atoms with Crippen LogP contribution in [0.5, 0.6) is 5.75 Å². The minimum atomic E-state index is -0.562. The lowest BCUT2D eigenvalue weighted by Crippen LogP contribution is -2.40. The van der Waals surface area contributed by atoms with E-state index < -0.39 is 12.0 Å². The van der Waals surface area contributed by atoms with E-state index in [-0.39, 0.29) is 12.4 Å². The zero-order valence-electron chi connectivity index (χ0n) is 9.20. The third-order valence-corrected chi connectivity index (χ3v) is 2.05. The molecular formula is C11H14FNO3. The molecule has 0 bridgehead atoms. The first-order valence-corrected chi connectivity index (χ1v) is 4.81. The van der Waals surface area contributed by atoms with Crippen LogP contribution in [0, 0.1) is 5.82 Å². The van der Waals surface area contributed by atoms with E-state index in [1.54, 1.807) is 13.1 Å². The molecule has 1 aromatic rings. The lowest BCUT2D eigenvalue weighted by molar-refractivity contribution is -0.143. The van der Waals surface area contributed by atoms with Gasteiger partial charge < -0.3 is 14.8 Å². The van der Waals surface area contributed by atoms with Gasteiger partial charge >= 0.3 is 5.97 Å². The van der Waals surface area contributed by atoms with Gasteiger partial charge in [-0.05, 0) is 19.2 Å². The number of ether oxygens (including phenoxy) is 2. The van der Waals surface area contributed by atoms with Gasteiger partial charge in [-0.15, -0.1) is 0 Å². The van der Waals surface area contributed by atoms with Crippen LogP contribution in [0.1, 0.15) is 0 Å². The van der Waals surface area contributed by atoms with Crippen LogP contribution in [0.15, 0.2) is 24.3 Å². The molecule has 1 atom stereocenters. The van der Waals surface area contributed by atoms with Gasteiger partial charge in [-0.2, -0.15) is 0 Å². The van der Waals surface area contributed by atoms with Gasteiger partial charge in [0, 0.05) is 6.07 Å². The Balaban J connectivity index is 2.52. The molecule has 0 heterocycles. The Bertz CT molecular complexity index is 357. The Labute approximate surface area is 93.4 Å². The van der Waals surface area contributed by atoms with Gasteiger partial charge in [0.15, 0.2) is 0 Å². The van der Waals surface area contributed by atoms with Crippen molar-refractivity contribution in [3.63, 3.8) is 0 Å². The molecule has 0 aliphatic carbocycles. The number of hydrogen-bond acceptors (Lipinski definition) is 4. The van der Waals surface area contributed by atoms with Crippen molar-refractivity contribution in [3.05, 3.63) is 30.1 Å². The van der Waals surface area contributed by atoms with Crippen LogP contribution in [-0.2, 0) is 9.53 Å². The molecule has 0 fully saturated rings. The second kappa shape index (κ2) is 6.07. The van der Waals surface area contributed by atoms with Crippen molar-refractivity contribution in [1.82, 2.24) is 5.32 Å². The topological polar surface area (TPSA) is 47.6 Å². The molecule has 4 nitrogen and oxygen atoms in total. The third-order valence-electron chi connectivity index (χ3n) is 2.05. The van der Waals surface area contributed by atoms with Crippen LogP contribution in [-0.4, -0.2) is 32.8 Å². The van der Waals surface area contributed by atoms with Crippen molar-refractivity contribution in [2.24, 2.45) is 0 Å². The third kappa shape index (κ3) is 3.51. The number of carbonyl (C=O) groups excluding carboxylic acids is 1. The molecule has 0 radical (unpaired) electrons. The average molecular weight is 227 g/mol. The zero-order valence-corrected chi connectivity index (χ0v) is 9.20. The molecule has 0 aliphatic heterocycles. The minimum absolute atomic E-state index is 0.0899. The molecule has 0 aromatic heterocycles. The maximum atomic E-state index is 12.8. The molecule has 1 N–H and O–H groups in total. The molecule has 16 heavy (non-hydrogen) atoms. The molecule has 0 saturated heterocycles. The van der Waals surface area contributed by atoms with Crippen LogP contribution < -0.4 is 10.1 Å². The predicted octanol–water partition coefficient (Wildman–Crippen LogP) is 0.965. The van der Waals surface area contributed by atoms with Crippen LogP contribution >= 0.6 is 0 Å². The summed E-state index contributed by atoms with van der Waals surface area (Å²) in [5.74, 6) is -0.417. The lowest BCUT2D eigenvalue weighted by atomic mass is 10.3. The van der Waals surface area contributed by atoms with Gasteiger partial charge in [-0.25, -0.2) is 4.39 Å². The summed E-state index contributed by atoms with van der Waals surface area (Å²) in [5.41, 5.74) is 0. The molecule has 0 amide bonds. The maximum absolute atomic E-state index is 12.8. The molecular weight excluding hydrogens is 213 g/mol. The van der Waals surface area contributed by atoms with Gasteiger partial charge in [-0.1, -0.05) is 6.07 Å². The summed E-state index contributed by atoms with van der Waals surface area (Å²) < 4.78 is 22.6. The van der Waals surface area contributed by atoms with Crippen molar-refractivity contribution >= 4 is 5.97 Å². The standard InChI is InChI=1S/C11H14FNO3/c1-13-10(11(14)15-2)7-16-9-5-3-4-8(12)6-9/h3-6,10,13H,7H2,1-2H3. The zero-order chi connectivity index (χ0) is 12.0. The van der Waals surface area contributed by atoms with Crippen molar-refractivity contribution in [3.8, 4) is 5.75 Å². The lowest BCUT2D eigenvalue weighted by Gasteiger charge is -2.14. The molecule has 1 rings (SSSR count). The summed E-state index contributed by atoms with van der Waals surface area (Å²) in [5, 5.41) is 2.74. The van der Waals surface area contributed by atoms with Crippen molar-refractivity contribution in [1.29, 1.82) is 0 Å². The summed E-state index contributed by atoms with van der Waals surface area (Å²) >= 11 is 0.